The van der Waals surface area contributed by atoms with E-state index in [1.165, 1.54) is 98.0 Å². The van der Waals surface area contributed by atoms with Gasteiger partial charge in [0.25, 0.3) is 13.4 Å². The van der Waals surface area contributed by atoms with Gasteiger partial charge >= 0.3 is 0 Å². The summed E-state index contributed by atoms with van der Waals surface area (Å²) in [4.78, 5) is 17.3. The average molecular weight is 1730 g/mol. The highest BCUT2D eigenvalue weighted by Crippen LogP contribution is 2.51. The van der Waals surface area contributed by atoms with Gasteiger partial charge < -0.3 is 34.3 Å². The Morgan fingerprint density at radius 2 is 0.346 bits per heavy atom. The quantitative estimate of drug-likeness (QED) is 0.0587. The van der Waals surface area contributed by atoms with Gasteiger partial charge in [0, 0.05) is 119 Å². The lowest BCUT2D eigenvalue weighted by Crippen LogP contribution is -2.66. The molecule has 11 heteroatoms. The molecule has 133 heavy (non-hydrogen) atoms. The molecule has 0 unspecified atom stereocenters. The van der Waals surface area contributed by atoms with E-state index >= 15 is 0 Å². The molecule has 4 aliphatic heterocycles. The van der Waals surface area contributed by atoms with Gasteiger partial charge in [-0.1, -0.05) is 353 Å². The van der Waals surface area contributed by atoms with Crippen molar-refractivity contribution in [3.8, 4) is 0 Å². The first-order chi connectivity index (χ1) is 65.8. The molecule has 0 atom stereocenters. The molecular formula is C122H93B2N7Si2. The first-order valence-electron chi connectivity index (χ1n) is 46.0. The van der Waals surface area contributed by atoms with Crippen LogP contribution < -0.4 is 98.2 Å². The Morgan fingerprint density at radius 3 is 0.579 bits per heavy atom. The lowest BCUT2D eigenvalue weighted by atomic mass is 9.33. The number of rotatable bonds is 19. The Morgan fingerprint density at radius 1 is 0.158 bits per heavy atom. The molecule has 0 saturated carbocycles. The topological polar surface area (TPSA) is 22.7 Å². The zero-order valence-corrected chi connectivity index (χ0v) is 76.0. The second-order valence-electron chi connectivity index (χ2n) is 34.9. The molecule has 20 aromatic carbocycles. The van der Waals surface area contributed by atoms with Gasteiger partial charge in [0.2, 0.25) is 0 Å². The van der Waals surface area contributed by atoms with E-state index in [9.17, 15) is 0 Å². The lowest BCUT2D eigenvalue weighted by molar-refractivity contribution is 1.23. The van der Waals surface area contributed by atoms with Crippen LogP contribution in [-0.2, 0) is 0 Å². The van der Waals surface area contributed by atoms with E-state index in [0.29, 0.717) is 0 Å². The first-order valence-corrected chi connectivity index (χ1v) is 51.0. The van der Waals surface area contributed by atoms with Crippen molar-refractivity contribution in [2.75, 3.05) is 34.3 Å². The van der Waals surface area contributed by atoms with Crippen molar-refractivity contribution < 1.29 is 0 Å². The molecule has 630 valence electrons. The van der Waals surface area contributed by atoms with E-state index in [0.717, 1.165) is 85.3 Å². The standard InChI is InChI=1S/C67H51BN4Si.C55H42BN3Si/c1-73(58-38-22-8-23-39-58,59-40-24-9-25-41-59)60-48-65-67-66(49-60)72(55-36-20-7-21-37-55)64-47-57(70(52-30-14-4-15-31-52)53-32-16-5-17-33-53)43-45-62(64)68(67)61-44-42-56(46-63(61)71(65)54-34-18-6-19-35-54)69(50-26-10-2-11-27-50)51-28-12-3-13-29-51;1-60(46-30-16-6-17-31-46,47-32-18-7-19-33-47)48-39-53-55-54(40-48)59(44-28-14-5-15-29-44)52-38-45(57(41-22-8-2-9-23-41)42-24-10-3-11-25-42)36-37-50(52)56(55)49-34-20-21-35-51(49)58(53)43-26-12-4-13-27-43/h2-49H,1H3;2-40H,1H3. The molecule has 0 bridgehead atoms. The van der Waals surface area contributed by atoms with Crippen molar-refractivity contribution in [3.05, 3.63) is 528 Å². The monoisotopic (exact) mass is 1730 g/mol. The van der Waals surface area contributed by atoms with Crippen LogP contribution >= 0.6 is 0 Å². The Labute approximate surface area is 782 Å². The van der Waals surface area contributed by atoms with Crippen LogP contribution in [0.1, 0.15) is 0 Å². The molecule has 0 fully saturated rings. The maximum Gasteiger partial charge on any atom is 0.252 e. The smallest absolute Gasteiger partial charge is 0.252 e. The molecule has 0 spiro atoms. The number of para-hydroxylation sites is 11. The molecule has 20 aromatic rings. The van der Waals surface area contributed by atoms with Gasteiger partial charge in [0.15, 0.2) is 0 Å². The van der Waals surface area contributed by atoms with Crippen molar-refractivity contribution >= 4 is 213 Å². The van der Waals surface area contributed by atoms with Crippen molar-refractivity contribution in [1.82, 2.24) is 0 Å². The predicted octanol–water partition coefficient (Wildman–Crippen LogP) is 24.1. The van der Waals surface area contributed by atoms with Gasteiger partial charge in [-0.3, -0.25) is 0 Å². The highest BCUT2D eigenvalue weighted by Gasteiger charge is 2.49. The maximum atomic E-state index is 2.57. The van der Waals surface area contributed by atoms with Crippen LogP contribution in [-0.4, -0.2) is 29.6 Å². The minimum absolute atomic E-state index is 0.00694. The lowest BCUT2D eigenvalue weighted by Gasteiger charge is -2.46. The largest absolute Gasteiger partial charge is 0.311 e. The molecule has 4 aliphatic rings. The highest BCUT2D eigenvalue weighted by molar-refractivity contribution is 7.12. The predicted molar refractivity (Wildman–Crippen MR) is 572 cm³/mol. The molecule has 0 amide bonds. The highest BCUT2D eigenvalue weighted by atomic mass is 28.3. The van der Waals surface area contributed by atoms with Crippen molar-refractivity contribution in [2.45, 2.75) is 13.1 Å². The third-order valence-electron chi connectivity index (χ3n) is 27.5. The van der Waals surface area contributed by atoms with Gasteiger partial charge in [-0.25, -0.2) is 0 Å². The third kappa shape index (κ3) is 14.4. The maximum absolute atomic E-state index is 2.73. The summed E-state index contributed by atoms with van der Waals surface area (Å²) < 4.78 is 0. The van der Waals surface area contributed by atoms with Crippen LogP contribution in [0.25, 0.3) is 0 Å². The van der Waals surface area contributed by atoms with Gasteiger partial charge in [-0.15, -0.1) is 0 Å². The molecule has 0 saturated heterocycles. The van der Waals surface area contributed by atoms with Gasteiger partial charge in [-0.05, 0) is 252 Å². The number of nitrogens with zero attached hydrogens (tertiary/aromatic N) is 7. The second-order valence-corrected chi connectivity index (χ2v) is 42.9. The fraction of sp³-hybridized carbons (Fsp3) is 0.0164. The van der Waals surface area contributed by atoms with Crippen LogP contribution in [0, 0.1) is 0 Å². The molecule has 7 nitrogen and oxygen atoms in total. The number of benzene rings is 20. The fourth-order valence-electron chi connectivity index (χ4n) is 21.2. The zero-order chi connectivity index (χ0) is 88.8. The number of fused-ring (bicyclic) bond motifs is 8. The van der Waals surface area contributed by atoms with E-state index in [2.05, 4.69) is 575 Å². The minimum Gasteiger partial charge on any atom is -0.311 e. The van der Waals surface area contributed by atoms with E-state index in [1.54, 1.807) is 0 Å². The summed E-state index contributed by atoms with van der Waals surface area (Å²) in [6.07, 6.45) is 0. The number of hydrogen-bond acceptors (Lipinski definition) is 7. The van der Waals surface area contributed by atoms with Gasteiger partial charge in [-0.2, -0.15) is 0 Å². The molecule has 0 N–H and O–H groups in total. The van der Waals surface area contributed by atoms with Crippen molar-refractivity contribution in [1.29, 1.82) is 0 Å². The van der Waals surface area contributed by atoms with Crippen LogP contribution in [0.4, 0.5) is 119 Å². The van der Waals surface area contributed by atoms with Crippen LogP contribution in [0.5, 0.6) is 0 Å². The normalized spacial score (nSPS) is 12.5. The Balaban J connectivity index is 0.000000153. The van der Waals surface area contributed by atoms with E-state index in [-0.39, 0.29) is 13.4 Å². The molecule has 24 rings (SSSR count). The second kappa shape index (κ2) is 34.9. The molecule has 0 radical (unpaired) electrons. The number of anilines is 21. The fourth-order valence-corrected chi connectivity index (χ4v) is 28.3. The van der Waals surface area contributed by atoms with Gasteiger partial charge in [0.05, 0.1) is 0 Å². The Hall–Kier alpha value is -16.4. The van der Waals surface area contributed by atoms with Crippen LogP contribution in [0.2, 0.25) is 13.1 Å². The van der Waals surface area contributed by atoms with Crippen molar-refractivity contribution in [2.24, 2.45) is 0 Å². The van der Waals surface area contributed by atoms with Crippen LogP contribution in [0.3, 0.4) is 0 Å². The van der Waals surface area contributed by atoms with E-state index in [4.69, 9.17) is 0 Å². The summed E-state index contributed by atoms with van der Waals surface area (Å²) in [7, 11) is -5.34. The van der Waals surface area contributed by atoms with Crippen molar-refractivity contribution in [3.63, 3.8) is 0 Å². The van der Waals surface area contributed by atoms with Crippen LogP contribution in [0.15, 0.2) is 528 Å². The summed E-state index contributed by atoms with van der Waals surface area (Å²) in [6.45, 7) is 4.99. The van der Waals surface area contributed by atoms with E-state index in [1.807, 2.05) is 0 Å². The summed E-state index contributed by atoms with van der Waals surface area (Å²) in [5.74, 6) is 0. The third-order valence-corrected chi connectivity index (χ3v) is 36.3. The molecule has 4 heterocycles. The number of hydrogen-bond donors (Lipinski definition) is 0. The average Bonchev–Trinajstić information content (AvgIpc) is 0.693. The van der Waals surface area contributed by atoms with E-state index < -0.39 is 16.1 Å². The SMILES string of the molecule is C[Si](c1ccccc1)(c1ccccc1)c1cc2c3c(c1)N(c1ccccc1)c1cc(N(c4ccccc4)c4ccccc4)ccc1B3c1ccc(N(c3ccccc3)c3ccccc3)cc1N2c1ccccc1.C[Si](c1ccccc1)(c1ccccc1)c1cc2c3c(c1)N(c1ccccc1)c1cc(N(c4ccccc4)c4ccccc4)ccc1B3c1ccccc1N2c1ccccc1. The molecule has 0 aromatic heterocycles. The Bertz CT molecular complexity index is 7150. The summed E-state index contributed by atoms with van der Waals surface area (Å²) in [5.41, 5.74) is 31.7. The zero-order valence-electron chi connectivity index (χ0n) is 74.0. The minimum atomic E-state index is -2.73. The summed E-state index contributed by atoms with van der Waals surface area (Å²) >= 11 is 0. The Kier molecular flexibility index (Phi) is 21.3. The molecular weight excluding hydrogens is 1640 g/mol. The first kappa shape index (κ1) is 81.1. The molecule has 0 aliphatic carbocycles. The summed E-state index contributed by atoms with van der Waals surface area (Å²) in [6, 6.07) is 194. The summed E-state index contributed by atoms with van der Waals surface area (Å²) in [5, 5.41) is 8.19. The van der Waals surface area contributed by atoms with Gasteiger partial charge in [0.1, 0.15) is 16.1 Å².